The Kier molecular flexibility index (Phi) is 2.15. The average Bonchev–Trinajstić information content (AvgIpc) is 2.34. The van der Waals surface area contributed by atoms with Crippen LogP contribution in [0.15, 0.2) is 11.6 Å². The molecule has 0 aliphatic heterocycles. The Morgan fingerprint density at radius 2 is 2.33 bits per heavy atom. The third-order valence-electron chi connectivity index (χ3n) is 4.18. The first kappa shape index (κ1) is 8.55. The van der Waals surface area contributed by atoms with Gasteiger partial charge in [0, 0.05) is 9.16 Å². The van der Waals surface area contributed by atoms with Crippen LogP contribution in [0.1, 0.15) is 55.6 Å². The largest absolute Gasteiger partial charge is 0.295 e. The van der Waals surface area contributed by atoms with Crippen molar-refractivity contribution in [3.05, 3.63) is 11.6 Å². The van der Waals surface area contributed by atoms with Gasteiger partial charge in [-0.05, 0) is 49.0 Å². The molecule has 1 saturated carbocycles. The summed E-state index contributed by atoms with van der Waals surface area (Å²) in [5.41, 5.74) is 0.662. The quantitative estimate of drug-likeness (QED) is 0.641. The van der Waals surface area contributed by atoms with E-state index in [-0.39, 0.29) is 11.2 Å². The van der Waals surface area contributed by atoms with Crippen LogP contribution in [-0.4, -0.2) is 5.78 Å². The molecule has 0 bridgehead atoms. The molecule has 84 valence electrons. The maximum Gasteiger partial charge on any atom is 0.155 e. The second-order valence-corrected chi connectivity index (χ2v) is 5.53. The van der Waals surface area contributed by atoms with Crippen LogP contribution in [0.4, 0.5) is 0 Å². The van der Waals surface area contributed by atoms with E-state index in [0.717, 1.165) is 18.4 Å². The summed E-state index contributed by atoms with van der Waals surface area (Å²) in [6.07, 6.45) is 3.33. The van der Waals surface area contributed by atoms with Gasteiger partial charge in [0.15, 0.2) is 5.78 Å². The Labute approximate surface area is 95.8 Å². The summed E-state index contributed by atoms with van der Waals surface area (Å²) in [7, 11) is 0. The molecular weight excluding hydrogens is 184 g/mol. The minimum absolute atomic E-state index is 0.107. The van der Waals surface area contributed by atoms with Gasteiger partial charge in [-0.15, -0.1) is 0 Å². The molecule has 0 unspecified atom stereocenters. The van der Waals surface area contributed by atoms with Crippen LogP contribution in [0.25, 0.3) is 0 Å². The SMILES string of the molecule is [2H]C1([2H])C[C@H](C(C)C)[C@@]2(C)CCCC(=O)C=C12. The number of carbonyl (C=O) groups is 1. The Morgan fingerprint density at radius 3 is 3.00 bits per heavy atom. The number of hydrogen-bond acceptors (Lipinski definition) is 1. The van der Waals surface area contributed by atoms with Gasteiger partial charge in [0.05, 0.1) is 0 Å². The van der Waals surface area contributed by atoms with Gasteiger partial charge in [0.1, 0.15) is 0 Å². The number of allylic oxidation sites excluding steroid dienone is 2. The van der Waals surface area contributed by atoms with E-state index in [0.29, 0.717) is 24.7 Å². The summed E-state index contributed by atoms with van der Waals surface area (Å²) in [4.78, 5) is 11.7. The highest BCUT2D eigenvalue weighted by Crippen LogP contribution is 2.54. The van der Waals surface area contributed by atoms with Crippen molar-refractivity contribution in [1.29, 1.82) is 0 Å². The van der Waals surface area contributed by atoms with Crippen molar-refractivity contribution in [3.63, 3.8) is 0 Å². The van der Waals surface area contributed by atoms with Gasteiger partial charge in [-0.25, -0.2) is 0 Å². The van der Waals surface area contributed by atoms with Crippen LogP contribution in [0.2, 0.25) is 0 Å². The lowest BCUT2D eigenvalue weighted by atomic mass is 9.70. The van der Waals surface area contributed by atoms with Crippen LogP contribution in [-0.2, 0) is 4.79 Å². The smallest absolute Gasteiger partial charge is 0.155 e. The molecule has 0 radical (unpaired) electrons. The first-order valence-electron chi connectivity index (χ1n) is 7.03. The summed E-state index contributed by atoms with van der Waals surface area (Å²) in [6, 6.07) is 0. The highest BCUT2D eigenvalue weighted by atomic mass is 16.1. The molecule has 15 heavy (non-hydrogen) atoms. The number of ketones is 1. The predicted octanol–water partition coefficient (Wildman–Crippen LogP) is 3.74. The van der Waals surface area contributed by atoms with E-state index < -0.39 is 6.37 Å². The summed E-state index contributed by atoms with van der Waals surface area (Å²) in [5, 5.41) is 0. The molecule has 0 aromatic rings. The standard InChI is InChI=1S/C14H22O/c1-10(2)13-7-6-11-9-12(15)5-4-8-14(11,13)3/h9-10,13H,4-8H2,1-3H3/t13-,14+/m1/s1/i6D2. The highest BCUT2D eigenvalue weighted by molar-refractivity contribution is 5.90. The maximum absolute atomic E-state index is 11.7. The summed E-state index contributed by atoms with van der Waals surface area (Å²) < 4.78 is 16.4. The molecule has 2 rings (SSSR count). The zero-order valence-corrected chi connectivity index (χ0v) is 9.97. The summed E-state index contributed by atoms with van der Waals surface area (Å²) >= 11 is 0. The van der Waals surface area contributed by atoms with Gasteiger partial charge < -0.3 is 0 Å². The van der Waals surface area contributed by atoms with Gasteiger partial charge in [-0.1, -0.05) is 26.3 Å². The first-order valence-corrected chi connectivity index (χ1v) is 6.03. The Bertz CT molecular complexity index is 370. The van der Waals surface area contributed by atoms with Crippen LogP contribution >= 0.6 is 0 Å². The molecule has 2 aliphatic rings. The van der Waals surface area contributed by atoms with Crippen molar-refractivity contribution in [2.75, 3.05) is 0 Å². The van der Waals surface area contributed by atoms with Gasteiger partial charge in [0.25, 0.3) is 0 Å². The number of carbonyl (C=O) groups excluding carboxylic acids is 1. The lowest BCUT2D eigenvalue weighted by molar-refractivity contribution is -0.114. The van der Waals surface area contributed by atoms with Gasteiger partial charge in [-0.2, -0.15) is 0 Å². The summed E-state index contributed by atoms with van der Waals surface area (Å²) in [5.74, 6) is 0.931. The Balaban J connectivity index is 2.49. The maximum atomic E-state index is 11.7. The molecule has 2 atom stereocenters. The van der Waals surface area contributed by atoms with Crippen molar-refractivity contribution in [2.45, 2.75) is 52.8 Å². The second-order valence-electron chi connectivity index (χ2n) is 5.53. The van der Waals surface area contributed by atoms with E-state index in [1.165, 1.54) is 0 Å². The third-order valence-corrected chi connectivity index (χ3v) is 4.18. The normalized spacial score (nSPS) is 41.7. The van der Waals surface area contributed by atoms with Gasteiger partial charge >= 0.3 is 0 Å². The number of fused-ring (bicyclic) bond motifs is 1. The van der Waals surface area contributed by atoms with Crippen LogP contribution in [0.5, 0.6) is 0 Å². The molecule has 0 heterocycles. The molecule has 2 aliphatic carbocycles. The van der Waals surface area contributed by atoms with E-state index in [9.17, 15) is 4.79 Å². The molecule has 1 fully saturated rings. The Hall–Kier alpha value is -0.590. The van der Waals surface area contributed by atoms with Crippen LogP contribution in [0.3, 0.4) is 0 Å². The molecule has 0 saturated heterocycles. The zero-order valence-electron chi connectivity index (χ0n) is 12.0. The lowest BCUT2D eigenvalue weighted by Crippen LogP contribution is -2.26. The second kappa shape index (κ2) is 3.77. The van der Waals surface area contributed by atoms with Gasteiger partial charge in [0.2, 0.25) is 0 Å². The van der Waals surface area contributed by atoms with Crippen molar-refractivity contribution in [1.82, 2.24) is 0 Å². The van der Waals surface area contributed by atoms with E-state index >= 15 is 0 Å². The van der Waals surface area contributed by atoms with E-state index in [2.05, 4.69) is 20.8 Å². The molecular formula is C14H22O. The van der Waals surface area contributed by atoms with Crippen molar-refractivity contribution < 1.29 is 7.54 Å². The number of hydrogen-bond donors (Lipinski definition) is 0. The molecule has 0 amide bonds. The van der Waals surface area contributed by atoms with Crippen molar-refractivity contribution in [2.24, 2.45) is 17.3 Å². The fourth-order valence-electron chi connectivity index (χ4n) is 3.22. The van der Waals surface area contributed by atoms with Gasteiger partial charge in [-0.3, -0.25) is 4.79 Å². The first-order chi connectivity index (χ1) is 7.77. The van der Waals surface area contributed by atoms with Crippen molar-refractivity contribution >= 4 is 5.78 Å². The molecule has 1 heteroatoms. The minimum Gasteiger partial charge on any atom is -0.295 e. The van der Waals surface area contributed by atoms with E-state index in [1.54, 1.807) is 6.08 Å². The topological polar surface area (TPSA) is 17.1 Å². The third kappa shape index (κ3) is 1.77. The van der Waals surface area contributed by atoms with E-state index in [4.69, 9.17) is 2.74 Å². The fraction of sp³-hybridized carbons (Fsp3) is 0.786. The average molecular weight is 208 g/mol. The van der Waals surface area contributed by atoms with Crippen LogP contribution < -0.4 is 0 Å². The van der Waals surface area contributed by atoms with E-state index in [1.807, 2.05) is 0 Å². The van der Waals surface area contributed by atoms with Crippen LogP contribution in [0, 0.1) is 17.3 Å². The molecule has 0 spiro atoms. The molecule has 0 N–H and O–H groups in total. The summed E-state index contributed by atoms with van der Waals surface area (Å²) in [6.45, 7) is 6.50. The Morgan fingerprint density at radius 1 is 1.60 bits per heavy atom. The van der Waals surface area contributed by atoms with Crippen molar-refractivity contribution in [3.8, 4) is 0 Å². The monoisotopic (exact) mass is 208 g/mol. The molecule has 0 aromatic carbocycles. The molecule has 0 aromatic heterocycles. The predicted molar refractivity (Wildman–Crippen MR) is 62.6 cm³/mol. The fourth-order valence-corrected chi connectivity index (χ4v) is 3.22. The molecule has 1 nitrogen and oxygen atoms in total. The lowest BCUT2D eigenvalue weighted by Gasteiger charge is -2.35. The minimum atomic E-state index is -1.29. The zero-order chi connectivity index (χ0) is 12.8. The highest BCUT2D eigenvalue weighted by Gasteiger charge is 2.44. The number of rotatable bonds is 1.